The fourth-order valence-electron chi connectivity index (χ4n) is 1.21. The van der Waals surface area contributed by atoms with Gasteiger partial charge in [-0.15, -0.1) is 5.73 Å². The van der Waals surface area contributed by atoms with E-state index in [4.69, 9.17) is 5.11 Å². The smallest absolute Gasteiger partial charge is 0.310 e. The van der Waals surface area contributed by atoms with Gasteiger partial charge in [-0.05, 0) is 12.5 Å². The molecule has 1 atom stereocenters. The van der Waals surface area contributed by atoms with Crippen LogP contribution in [0.1, 0.15) is 39.0 Å². The zero-order valence-corrected chi connectivity index (χ0v) is 8.25. The molecule has 0 spiro atoms. The zero-order valence-electron chi connectivity index (χ0n) is 8.25. The Morgan fingerprint density at radius 3 is 2.69 bits per heavy atom. The molecule has 0 bridgehead atoms. The van der Waals surface area contributed by atoms with Crippen molar-refractivity contribution in [2.24, 2.45) is 5.92 Å². The van der Waals surface area contributed by atoms with Gasteiger partial charge in [-0.3, -0.25) is 4.79 Å². The number of unbranched alkanes of at least 4 members (excludes halogenated alkanes) is 3. The molecule has 0 aromatic rings. The van der Waals surface area contributed by atoms with E-state index in [0.29, 0.717) is 6.42 Å². The molecule has 0 aromatic carbocycles. The third-order valence-corrected chi connectivity index (χ3v) is 2.00. The Kier molecular flexibility index (Phi) is 7.04. The lowest BCUT2D eigenvalue weighted by atomic mass is 10.0. The van der Waals surface area contributed by atoms with E-state index >= 15 is 0 Å². The van der Waals surface area contributed by atoms with Gasteiger partial charge in [-0.25, -0.2) is 0 Å². The van der Waals surface area contributed by atoms with Gasteiger partial charge in [-0.2, -0.15) is 0 Å². The second-order valence-electron chi connectivity index (χ2n) is 3.16. The summed E-state index contributed by atoms with van der Waals surface area (Å²) < 4.78 is 0. The second-order valence-corrected chi connectivity index (χ2v) is 3.16. The molecular formula is C11H18O2. The SMILES string of the molecule is C=C=CC(CCCCCC)C(=O)O. The second kappa shape index (κ2) is 7.63. The molecule has 0 aliphatic rings. The van der Waals surface area contributed by atoms with E-state index in [0.717, 1.165) is 12.8 Å². The molecule has 0 rings (SSSR count). The highest BCUT2D eigenvalue weighted by Crippen LogP contribution is 2.12. The summed E-state index contributed by atoms with van der Waals surface area (Å²) in [7, 11) is 0. The molecule has 13 heavy (non-hydrogen) atoms. The highest BCUT2D eigenvalue weighted by atomic mass is 16.4. The van der Waals surface area contributed by atoms with Crippen LogP contribution in [0.4, 0.5) is 0 Å². The highest BCUT2D eigenvalue weighted by Gasteiger charge is 2.12. The largest absolute Gasteiger partial charge is 0.481 e. The third kappa shape index (κ3) is 6.18. The summed E-state index contributed by atoms with van der Waals surface area (Å²) in [5.41, 5.74) is 2.53. The molecule has 0 amide bonds. The number of carboxylic acids is 1. The number of carboxylic acid groups (broad SMARTS) is 1. The van der Waals surface area contributed by atoms with Gasteiger partial charge >= 0.3 is 5.97 Å². The van der Waals surface area contributed by atoms with Gasteiger partial charge in [-0.1, -0.05) is 39.2 Å². The molecule has 0 aliphatic heterocycles. The van der Waals surface area contributed by atoms with Crippen LogP contribution in [0.15, 0.2) is 18.4 Å². The Hall–Kier alpha value is -1.01. The number of carbonyl (C=O) groups is 1. The molecular weight excluding hydrogens is 164 g/mol. The maximum atomic E-state index is 10.7. The van der Waals surface area contributed by atoms with Gasteiger partial charge in [0, 0.05) is 0 Å². The average Bonchev–Trinajstić information content (AvgIpc) is 2.10. The van der Waals surface area contributed by atoms with Crippen molar-refractivity contribution in [1.82, 2.24) is 0 Å². The molecule has 0 radical (unpaired) electrons. The highest BCUT2D eigenvalue weighted by molar-refractivity contribution is 5.71. The van der Waals surface area contributed by atoms with Crippen molar-refractivity contribution in [1.29, 1.82) is 0 Å². The van der Waals surface area contributed by atoms with Gasteiger partial charge in [0.05, 0.1) is 5.92 Å². The summed E-state index contributed by atoms with van der Waals surface area (Å²) in [5, 5.41) is 8.76. The van der Waals surface area contributed by atoms with E-state index < -0.39 is 11.9 Å². The summed E-state index contributed by atoms with van der Waals surface area (Å²) in [4.78, 5) is 10.7. The Bertz CT molecular complexity index is 188. The fraction of sp³-hybridized carbons (Fsp3) is 0.636. The van der Waals surface area contributed by atoms with Gasteiger partial charge in [0.2, 0.25) is 0 Å². The van der Waals surface area contributed by atoms with Gasteiger partial charge < -0.3 is 5.11 Å². The first-order valence-corrected chi connectivity index (χ1v) is 4.81. The molecule has 0 heterocycles. The topological polar surface area (TPSA) is 37.3 Å². The Labute approximate surface area is 80.0 Å². The third-order valence-electron chi connectivity index (χ3n) is 2.00. The van der Waals surface area contributed by atoms with Crippen LogP contribution < -0.4 is 0 Å². The number of aliphatic carboxylic acids is 1. The maximum Gasteiger partial charge on any atom is 0.310 e. The summed E-state index contributed by atoms with van der Waals surface area (Å²) >= 11 is 0. The van der Waals surface area contributed by atoms with Crippen molar-refractivity contribution in [2.75, 3.05) is 0 Å². The fourth-order valence-corrected chi connectivity index (χ4v) is 1.21. The van der Waals surface area contributed by atoms with E-state index in [1.165, 1.54) is 18.9 Å². The van der Waals surface area contributed by atoms with E-state index in [1.807, 2.05) is 0 Å². The van der Waals surface area contributed by atoms with Crippen LogP contribution in [-0.4, -0.2) is 11.1 Å². The van der Waals surface area contributed by atoms with Crippen molar-refractivity contribution in [3.8, 4) is 0 Å². The van der Waals surface area contributed by atoms with E-state index in [1.54, 1.807) is 0 Å². The molecule has 1 unspecified atom stereocenters. The monoisotopic (exact) mass is 182 g/mol. The zero-order chi connectivity index (χ0) is 10.1. The molecule has 1 N–H and O–H groups in total. The lowest BCUT2D eigenvalue weighted by Crippen LogP contribution is -2.10. The molecule has 0 saturated carbocycles. The summed E-state index contributed by atoms with van der Waals surface area (Å²) in [6.07, 6.45) is 6.69. The quantitative estimate of drug-likeness (QED) is 0.485. The van der Waals surface area contributed by atoms with E-state index in [9.17, 15) is 4.79 Å². The minimum absolute atomic E-state index is 0.394. The molecule has 0 saturated heterocycles. The lowest BCUT2D eigenvalue weighted by Gasteiger charge is -2.05. The van der Waals surface area contributed by atoms with Crippen LogP contribution in [-0.2, 0) is 4.79 Å². The normalized spacial score (nSPS) is 11.8. The van der Waals surface area contributed by atoms with Crippen LogP contribution in [0.3, 0.4) is 0 Å². The van der Waals surface area contributed by atoms with Crippen LogP contribution >= 0.6 is 0 Å². The summed E-state index contributed by atoms with van der Waals surface area (Å²) in [5.74, 6) is -1.16. The minimum Gasteiger partial charge on any atom is -0.481 e. The minimum atomic E-state index is -0.771. The molecule has 2 nitrogen and oxygen atoms in total. The predicted octanol–water partition coefficient (Wildman–Crippen LogP) is 3.00. The van der Waals surface area contributed by atoms with E-state index in [2.05, 4.69) is 19.2 Å². The van der Waals surface area contributed by atoms with Crippen LogP contribution in [0.25, 0.3) is 0 Å². The Morgan fingerprint density at radius 1 is 1.54 bits per heavy atom. The number of hydrogen-bond acceptors (Lipinski definition) is 1. The van der Waals surface area contributed by atoms with Crippen molar-refractivity contribution >= 4 is 5.97 Å². The summed E-state index contributed by atoms with van der Waals surface area (Å²) in [6.45, 7) is 5.52. The lowest BCUT2D eigenvalue weighted by molar-refractivity contribution is -0.140. The van der Waals surface area contributed by atoms with E-state index in [-0.39, 0.29) is 0 Å². The first-order valence-electron chi connectivity index (χ1n) is 4.81. The first-order chi connectivity index (χ1) is 6.22. The molecule has 2 heteroatoms. The van der Waals surface area contributed by atoms with Gasteiger partial charge in [0.15, 0.2) is 0 Å². The number of rotatable bonds is 7. The molecule has 0 aromatic heterocycles. The summed E-state index contributed by atoms with van der Waals surface area (Å²) in [6, 6.07) is 0. The predicted molar refractivity (Wildman–Crippen MR) is 53.6 cm³/mol. The first kappa shape index (κ1) is 12.0. The van der Waals surface area contributed by atoms with Gasteiger partial charge in [0.1, 0.15) is 0 Å². The average molecular weight is 182 g/mol. The molecule has 74 valence electrons. The van der Waals surface area contributed by atoms with Crippen LogP contribution in [0.5, 0.6) is 0 Å². The molecule has 0 fully saturated rings. The van der Waals surface area contributed by atoms with Crippen molar-refractivity contribution in [3.05, 3.63) is 18.4 Å². The van der Waals surface area contributed by atoms with Gasteiger partial charge in [0.25, 0.3) is 0 Å². The Morgan fingerprint density at radius 2 is 2.23 bits per heavy atom. The Balaban J connectivity index is 3.70. The standard InChI is InChI=1S/C11H18O2/c1-3-5-6-7-9-10(8-4-2)11(12)13/h8,10H,2-3,5-7,9H2,1H3,(H,12,13). The van der Waals surface area contributed by atoms with Crippen molar-refractivity contribution < 1.29 is 9.90 Å². The van der Waals surface area contributed by atoms with Crippen LogP contribution in [0.2, 0.25) is 0 Å². The maximum absolute atomic E-state index is 10.7. The number of hydrogen-bond donors (Lipinski definition) is 1. The van der Waals surface area contributed by atoms with Crippen LogP contribution in [0, 0.1) is 5.92 Å². The van der Waals surface area contributed by atoms with Crippen molar-refractivity contribution in [3.63, 3.8) is 0 Å². The van der Waals surface area contributed by atoms with Crippen molar-refractivity contribution in [2.45, 2.75) is 39.0 Å². The molecule has 0 aliphatic carbocycles.